The van der Waals surface area contributed by atoms with Gasteiger partial charge in [-0.15, -0.1) is 0 Å². The number of carbonyl (C=O) groups is 2. The SMILES string of the molecule is CCN(CC)C(=O)c1ccc(-n2ncnc2C(C)N(C=O)c2cc(Cl)cc(C(F)(F)F)c2)nc1. The second kappa shape index (κ2) is 10.2. The summed E-state index contributed by atoms with van der Waals surface area (Å²) in [7, 11) is 0. The number of halogens is 4. The molecule has 0 N–H and O–H groups in total. The summed E-state index contributed by atoms with van der Waals surface area (Å²) in [6, 6.07) is 5.24. The molecule has 2 amide bonds. The number of rotatable bonds is 8. The van der Waals surface area contributed by atoms with E-state index in [1.165, 1.54) is 23.3 Å². The first-order chi connectivity index (χ1) is 16.1. The Hall–Kier alpha value is -3.47. The van der Waals surface area contributed by atoms with E-state index in [1.807, 2.05) is 13.8 Å². The average Bonchev–Trinajstić information content (AvgIpc) is 3.29. The van der Waals surface area contributed by atoms with Crippen molar-refractivity contribution < 1.29 is 22.8 Å². The van der Waals surface area contributed by atoms with Gasteiger partial charge in [0.05, 0.1) is 17.2 Å². The van der Waals surface area contributed by atoms with E-state index >= 15 is 0 Å². The van der Waals surface area contributed by atoms with Crippen molar-refractivity contribution in [3.8, 4) is 5.82 Å². The summed E-state index contributed by atoms with van der Waals surface area (Å²) in [5.74, 6) is 0.407. The Kier molecular flexibility index (Phi) is 7.55. The lowest BCUT2D eigenvalue weighted by molar-refractivity contribution is -0.137. The highest BCUT2D eigenvalue weighted by molar-refractivity contribution is 6.31. The van der Waals surface area contributed by atoms with Gasteiger partial charge in [0.1, 0.15) is 6.33 Å². The fourth-order valence-corrected chi connectivity index (χ4v) is 3.66. The molecule has 2 aromatic heterocycles. The first-order valence-electron chi connectivity index (χ1n) is 10.4. The number of amides is 2. The third-order valence-electron chi connectivity index (χ3n) is 5.25. The van der Waals surface area contributed by atoms with Gasteiger partial charge in [-0.1, -0.05) is 11.6 Å². The fraction of sp³-hybridized carbons (Fsp3) is 0.318. The maximum atomic E-state index is 13.2. The molecule has 1 aromatic carbocycles. The van der Waals surface area contributed by atoms with Crippen LogP contribution in [0.5, 0.6) is 0 Å². The lowest BCUT2D eigenvalue weighted by Crippen LogP contribution is -2.30. The average molecular weight is 495 g/mol. The quantitative estimate of drug-likeness (QED) is 0.429. The number of benzene rings is 1. The molecule has 0 saturated carbocycles. The van der Waals surface area contributed by atoms with E-state index in [9.17, 15) is 22.8 Å². The maximum absolute atomic E-state index is 13.2. The van der Waals surface area contributed by atoms with Gasteiger partial charge in [-0.2, -0.15) is 23.0 Å². The number of pyridine rings is 1. The highest BCUT2D eigenvalue weighted by Crippen LogP contribution is 2.36. The van der Waals surface area contributed by atoms with Crippen LogP contribution in [0, 0.1) is 0 Å². The Labute approximate surface area is 199 Å². The second-order valence-electron chi connectivity index (χ2n) is 7.30. The van der Waals surface area contributed by atoms with Gasteiger partial charge in [0.15, 0.2) is 11.6 Å². The molecule has 0 bridgehead atoms. The van der Waals surface area contributed by atoms with Crippen LogP contribution in [0.25, 0.3) is 5.82 Å². The molecular weight excluding hydrogens is 473 g/mol. The van der Waals surface area contributed by atoms with E-state index in [-0.39, 0.29) is 22.4 Å². The maximum Gasteiger partial charge on any atom is 0.416 e. The first-order valence-corrected chi connectivity index (χ1v) is 10.8. The predicted octanol–water partition coefficient (Wildman–Crippen LogP) is 4.54. The molecule has 180 valence electrons. The van der Waals surface area contributed by atoms with Gasteiger partial charge < -0.3 is 9.80 Å². The van der Waals surface area contributed by atoms with Crippen molar-refractivity contribution in [2.75, 3.05) is 18.0 Å². The van der Waals surface area contributed by atoms with Crippen LogP contribution in [0.3, 0.4) is 0 Å². The van der Waals surface area contributed by atoms with Gasteiger partial charge in [-0.25, -0.2) is 9.97 Å². The molecule has 0 aliphatic rings. The molecular formula is C22H22ClF3N6O2. The summed E-state index contributed by atoms with van der Waals surface area (Å²) in [4.78, 5) is 35.6. The number of hydrogen-bond acceptors (Lipinski definition) is 5. The summed E-state index contributed by atoms with van der Waals surface area (Å²) in [5.41, 5.74) is -0.633. The highest BCUT2D eigenvalue weighted by atomic mass is 35.5. The Morgan fingerprint density at radius 1 is 1.18 bits per heavy atom. The van der Waals surface area contributed by atoms with Gasteiger partial charge in [-0.3, -0.25) is 9.59 Å². The molecule has 3 aromatic rings. The van der Waals surface area contributed by atoms with Crippen LogP contribution in [0.1, 0.15) is 48.6 Å². The lowest BCUT2D eigenvalue weighted by Gasteiger charge is -2.25. The molecule has 0 aliphatic carbocycles. The van der Waals surface area contributed by atoms with Crippen molar-refractivity contribution in [3.05, 3.63) is 64.8 Å². The third-order valence-corrected chi connectivity index (χ3v) is 5.47. The molecule has 8 nitrogen and oxygen atoms in total. The molecule has 0 aliphatic heterocycles. The summed E-state index contributed by atoms with van der Waals surface area (Å²) in [5, 5.41) is 3.97. The van der Waals surface area contributed by atoms with Crippen LogP contribution in [0.4, 0.5) is 18.9 Å². The van der Waals surface area contributed by atoms with E-state index in [4.69, 9.17) is 11.6 Å². The Bertz CT molecular complexity index is 1160. The van der Waals surface area contributed by atoms with Gasteiger partial charge >= 0.3 is 6.18 Å². The molecule has 2 heterocycles. The van der Waals surface area contributed by atoms with Gasteiger partial charge in [0, 0.05) is 30.0 Å². The minimum absolute atomic E-state index is 0.0509. The normalized spacial score (nSPS) is 12.3. The molecule has 0 fully saturated rings. The topological polar surface area (TPSA) is 84.2 Å². The van der Waals surface area contributed by atoms with E-state index in [1.54, 1.807) is 24.0 Å². The number of anilines is 1. The van der Waals surface area contributed by atoms with Crippen LogP contribution >= 0.6 is 11.6 Å². The van der Waals surface area contributed by atoms with E-state index in [0.29, 0.717) is 30.9 Å². The standard InChI is InChI=1S/C22H22ClF3N6O2/c1-4-30(5-2)21(34)15-6-7-19(27-11-15)32-20(28-12-29-32)14(3)31(13-33)18-9-16(22(24,25)26)8-17(23)10-18/h6-14H,4-5H2,1-3H3. The number of aromatic nitrogens is 4. The zero-order valence-electron chi connectivity index (χ0n) is 18.6. The van der Waals surface area contributed by atoms with Crippen LogP contribution in [0.15, 0.2) is 42.9 Å². The number of hydrogen-bond donors (Lipinski definition) is 0. The van der Waals surface area contributed by atoms with Crippen molar-refractivity contribution in [3.63, 3.8) is 0 Å². The Morgan fingerprint density at radius 3 is 2.44 bits per heavy atom. The van der Waals surface area contributed by atoms with E-state index in [2.05, 4.69) is 15.1 Å². The monoisotopic (exact) mass is 494 g/mol. The van der Waals surface area contributed by atoms with E-state index < -0.39 is 17.8 Å². The summed E-state index contributed by atoms with van der Waals surface area (Å²) < 4.78 is 41.0. The van der Waals surface area contributed by atoms with Crippen molar-refractivity contribution in [1.82, 2.24) is 24.6 Å². The smallest absolute Gasteiger partial charge is 0.339 e. The molecule has 1 atom stereocenters. The third kappa shape index (κ3) is 5.19. The molecule has 12 heteroatoms. The Balaban J connectivity index is 1.93. The molecule has 0 radical (unpaired) electrons. The molecule has 0 spiro atoms. The highest BCUT2D eigenvalue weighted by Gasteiger charge is 2.32. The lowest BCUT2D eigenvalue weighted by atomic mass is 10.1. The minimum Gasteiger partial charge on any atom is -0.339 e. The van der Waals surface area contributed by atoms with Crippen LogP contribution in [0.2, 0.25) is 5.02 Å². The van der Waals surface area contributed by atoms with Gasteiger partial charge in [0.25, 0.3) is 5.91 Å². The summed E-state index contributed by atoms with van der Waals surface area (Å²) >= 11 is 5.88. The van der Waals surface area contributed by atoms with Crippen molar-refractivity contribution in [2.45, 2.75) is 33.0 Å². The zero-order chi connectivity index (χ0) is 25.0. The Morgan fingerprint density at radius 2 is 1.88 bits per heavy atom. The van der Waals surface area contributed by atoms with Crippen molar-refractivity contribution in [1.29, 1.82) is 0 Å². The molecule has 1 unspecified atom stereocenters. The second-order valence-corrected chi connectivity index (χ2v) is 7.73. The predicted molar refractivity (Wildman–Crippen MR) is 120 cm³/mol. The number of carbonyl (C=O) groups excluding carboxylic acids is 2. The largest absolute Gasteiger partial charge is 0.416 e. The zero-order valence-corrected chi connectivity index (χ0v) is 19.4. The fourth-order valence-electron chi connectivity index (χ4n) is 3.43. The molecule has 0 saturated heterocycles. The first kappa shape index (κ1) is 25.2. The van der Waals surface area contributed by atoms with E-state index in [0.717, 1.165) is 17.0 Å². The summed E-state index contributed by atoms with van der Waals surface area (Å²) in [6.45, 7) is 6.46. The minimum atomic E-state index is -4.63. The van der Waals surface area contributed by atoms with Gasteiger partial charge in [0.2, 0.25) is 6.41 Å². The number of nitrogens with zero attached hydrogens (tertiary/aromatic N) is 6. The molecule has 34 heavy (non-hydrogen) atoms. The van der Waals surface area contributed by atoms with Crippen molar-refractivity contribution >= 4 is 29.6 Å². The summed E-state index contributed by atoms with van der Waals surface area (Å²) in [6.07, 6.45) is -1.58. The molecule has 3 rings (SSSR count). The van der Waals surface area contributed by atoms with Gasteiger partial charge in [-0.05, 0) is 51.1 Å². The van der Waals surface area contributed by atoms with Crippen molar-refractivity contribution in [2.24, 2.45) is 0 Å². The van der Waals surface area contributed by atoms with Crippen LogP contribution < -0.4 is 4.90 Å². The van der Waals surface area contributed by atoms with Crippen LogP contribution in [-0.2, 0) is 11.0 Å². The van der Waals surface area contributed by atoms with Crippen LogP contribution in [-0.4, -0.2) is 50.1 Å². The number of alkyl halides is 3.